The Bertz CT molecular complexity index is 1170. The highest BCUT2D eigenvalue weighted by molar-refractivity contribution is 8.18. The highest BCUT2D eigenvalue weighted by Crippen LogP contribution is 2.29. The molecule has 3 aromatic carbocycles. The minimum absolute atomic E-state index is 0.0416. The Morgan fingerprint density at radius 1 is 1.03 bits per heavy atom. The summed E-state index contributed by atoms with van der Waals surface area (Å²) in [5, 5.41) is 14.0. The van der Waals surface area contributed by atoms with Crippen LogP contribution < -0.4 is 10.1 Å². The molecule has 0 atom stereocenters. The Balaban J connectivity index is 1.43. The highest BCUT2D eigenvalue weighted by atomic mass is 32.2. The summed E-state index contributed by atoms with van der Waals surface area (Å²) < 4.78 is 5.79. The van der Waals surface area contributed by atoms with Gasteiger partial charge in [-0.15, -0.1) is 0 Å². The van der Waals surface area contributed by atoms with E-state index in [0.29, 0.717) is 15.8 Å². The van der Waals surface area contributed by atoms with Crippen LogP contribution in [0.15, 0.2) is 88.8 Å². The van der Waals surface area contributed by atoms with Gasteiger partial charge in [-0.1, -0.05) is 30.3 Å². The van der Waals surface area contributed by atoms with E-state index >= 15 is 0 Å². The lowest BCUT2D eigenvalue weighted by Crippen LogP contribution is -2.19. The summed E-state index contributed by atoms with van der Waals surface area (Å²) in [6, 6.07) is 23.0. The molecule has 1 aliphatic rings. The van der Waals surface area contributed by atoms with Gasteiger partial charge in [0.1, 0.15) is 12.4 Å². The van der Waals surface area contributed by atoms with Gasteiger partial charge < -0.3 is 10.1 Å². The zero-order valence-corrected chi connectivity index (χ0v) is 17.0. The van der Waals surface area contributed by atoms with Gasteiger partial charge in [-0.3, -0.25) is 14.9 Å². The number of nitrogens with zero attached hydrogens (tertiary/aromatic N) is 2. The van der Waals surface area contributed by atoms with Crippen molar-refractivity contribution in [3.05, 3.63) is 105 Å². The number of amidine groups is 1. The van der Waals surface area contributed by atoms with Crippen molar-refractivity contribution >= 4 is 40.3 Å². The maximum atomic E-state index is 12.3. The number of aliphatic imine (C=N–C) groups is 1. The molecule has 0 aromatic heterocycles. The van der Waals surface area contributed by atoms with Crippen LogP contribution in [0.1, 0.15) is 11.1 Å². The van der Waals surface area contributed by atoms with Crippen LogP contribution in [0.5, 0.6) is 5.75 Å². The lowest BCUT2D eigenvalue weighted by atomic mass is 10.2. The van der Waals surface area contributed by atoms with E-state index in [0.717, 1.165) is 16.8 Å². The zero-order chi connectivity index (χ0) is 21.6. The van der Waals surface area contributed by atoms with Crippen LogP contribution in [0.4, 0.5) is 11.4 Å². The Morgan fingerprint density at radius 2 is 1.81 bits per heavy atom. The molecule has 1 aliphatic heterocycles. The molecular formula is C23H17N3O4S. The number of nitro benzene ring substituents is 1. The van der Waals surface area contributed by atoms with Crippen molar-refractivity contribution in [2.75, 3.05) is 0 Å². The molecule has 0 saturated carbocycles. The minimum Gasteiger partial charge on any atom is -0.489 e. The van der Waals surface area contributed by atoms with Crippen molar-refractivity contribution in [2.24, 2.45) is 4.99 Å². The van der Waals surface area contributed by atoms with Crippen LogP contribution in [-0.2, 0) is 11.4 Å². The van der Waals surface area contributed by atoms with E-state index in [-0.39, 0.29) is 18.2 Å². The number of non-ortho nitro benzene ring substituents is 1. The second-order valence-electron chi connectivity index (χ2n) is 6.60. The fourth-order valence-corrected chi connectivity index (χ4v) is 3.67. The van der Waals surface area contributed by atoms with Gasteiger partial charge in [0.15, 0.2) is 5.17 Å². The molecule has 0 bridgehead atoms. The number of hydrogen-bond acceptors (Lipinski definition) is 6. The molecule has 1 fully saturated rings. The summed E-state index contributed by atoms with van der Waals surface area (Å²) in [4.78, 5) is 27.6. The SMILES string of the molecule is O=C1NC(=Nc2ccccc2)SC1=Cc1cccc(OCc2ccc([N+](=O)[O-])cc2)c1. The number of rotatable bonds is 6. The van der Waals surface area contributed by atoms with Crippen molar-refractivity contribution in [2.45, 2.75) is 6.61 Å². The Morgan fingerprint density at radius 3 is 2.55 bits per heavy atom. The fraction of sp³-hybridized carbons (Fsp3) is 0.0435. The van der Waals surface area contributed by atoms with E-state index in [2.05, 4.69) is 10.3 Å². The average Bonchev–Trinajstić information content (AvgIpc) is 3.12. The summed E-state index contributed by atoms with van der Waals surface area (Å²) in [7, 11) is 0. The lowest BCUT2D eigenvalue weighted by Gasteiger charge is -2.07. The van der Waals surface area contributed by atoms with Gasteiger partial charge in [-0.25, -0.2) is 4.99 Å². The summed E-state index contributed by atoms with van der Waals surface area (Å²) >= 11 is 1.28. The topological polar surface area (TPSA) is 93.8 Å². The average molecular weight is 431 g/mol. The molecule has 31 heavy (non-hydrogen) atoms. The standard InChI is InChI=1S/C23H17N3O4S/c27-22-21(31-23(25-22)24-18-6-2-1-3-7-18)14-17-5-4-8-20(13-17)30-15-16-9-11-19(12-10-16)26(28)29/h1-14H,15H2,(H,24,25,27). The van der Waals surface area contributed by atoms with E-state index in [1.807, 2.05) is 54.6 Å². The smallest absolute Gasteiger partial charge is 0.269 e. The predicted molar refractivity (Wildman–Crippen MR) is 121 cm³/mol. The van der Waals surface area contributed by atoms with Crippen molar-refractivity contribution in [3.63, 3.8) is 0 Å². The van der Waals surface area contributed by atoms with Crippen LogP contribution in [0, 0.1) is 10.1 Å². The van der Waals surface area contributed by atoms with Crippen molar-refractivity contribution in [1.29, 1.82) is 0 Å². The summed E-state index contributed by atoms with van der Waals surface area (Å²) in [6.45, 7) is 0.279. The Kier molecular flexibility index (Phi) is 6.09. The second kappa shape index (κ2) is 9.27. The lowest BCUT2D eigenvalue weighted by molar-refractivity contribution is -0.384. The predicted octanol–water partition coefficient (Wildman–Crippen LogP) is 5.07. The van der Waals surface area contributed by atoms with Crippen LogP contribution in [0.3, 0.4) is 0 Å². The number of amides is 1. The maximum absolute atomic E-state index is 12.3. The third-order valence-electron chi connectivity index (χ3n) is 4.35. The first-order chi connectivity index (χ1) is 15.1. The number of ether oxygens (including phenoxy) is 1. The second-order valence-corrected chi connectivity index (χ2v) is 7.63. The van der Waals surface area contributed by atoms with Crippen LogP contribution in [0.2, 0.25) is 0 Å². The number of thioether (sulfide) groups is 1. The molecule has 0 spiro atoms. The molecule has 0 aliphatic carbocycles. The molecule has 8 heteroatoms. The highest BCUT2D eigenvalue weighted by Gasteiger charge is 2.23. The molecule has 1 heterocycles. The molecule has 4 rings (SSSR count). The largest absolute Gasteiger partial charge is 0.489 e. The Hall–Kier alpha value is -3.91. The molecule has 1 saturated heterocycles. The van der Waals surface area contributed by atoms with Crippen molar-refractivity contribution in [3.8, 4) is 5.75 Å². The van der Waals surface area contributed by atoms with Gasteiger partial charge in [0, 0.05) is 12.1 Å². The molecule has 0 radical (unpaired) electrons. The minimum atomic E-state index is -0.436. The number of hydrogen-bond donors (Lipinski definition) is 1. The van der Waals surface area contributed by atoms with Crippen LogP contribution >= 0.6 is 11.8 Å². The number of carbonyl (C=O) groups is 1. The van der Waals surface area contributed by atoms with Gasteiger partial charge in [-0.05, 0) is 65.4 Å². The molecule has 154 valence electrons. The monoisotopic (exact) mass is 431 g/mol. The number of benzene rings is 3. The maximum Gasteiger partial charge on any atom is 0.269 e. The van der Waals surface area contributed by atoms with Gasteiger partial charge in [0.25, 0.3) is 11.6 Å². The van der Waals surface area contributed by atoms with E-state index < -0.39 is 4.92 Å². The fourth-order valence-electron chi connectivity index (χ4n) is 2.83. The van der Waals surface area contributed by atoms with Crippen LogP contribution in [0.25, 0.3) is 6.08 Å². The van der Waals surface area contributed by atoms with E-state index in [1.54, 1.807) is 18.2 Å². The normalized spacial score (nSPS) is 15.8. The molecule has 1 N–H and O–H groups in total. The van der Waals surface area contributed by atoms with Crippen molar-refractivity contribution in [1.82, 2.24) is 5.32 Å². The quantitative estimate of drug-likeness (QED) is 0.334. The van der Waals surface area contributed by atoms with E-state index in [1.165, 1.54) is 23.9 Å². The number of nitro groups is 1. The summed E-state index contributed by atoms with van der Waals surface area (Å²) in [5.41, 5.74) is 2.45. The van der Waals surface area contributed by atoms with Gasteiger partial charge in [-0.2, -0.15) is 0 Å². The van der Waals surface area contributed by atoms with E-state index in [9.17, 15) is 14.9 Å². The molecule has 1 amide bonds. The van der Waals surface area contributed by atoms with Gasteiger partial charge in [0.2, 0.25) is 0 Å². The number of nitrogens with one attached hydrogen (secondary N) is 1. The number of carbonyl (C=O) groups excluding carboxylic acids is 1. The zero-order valence-electron chi connectivity index (χ0n) is 16.2. The van der Waals surface area contributed by atoms with Gasteiger partial charge >= 0.3 is 0 Å². The Labute approximate surface area is 182 Å². The van der Waals surface area contributed by atoms with Gasteiger partial charge in [0.05, 0.1) is 15.5 Å². The molecule has 7 nitrogen and oxygen atoms in total. The third-order valence-corrected chi connectivity index (χ3v) is 5.26. The molecular weight excluding hydrogens is 414 g/mol. The van der Waals surface area contributed by atoms with Crippen LogP contribution in [-0.4, -0.2) is 16.0 Å². The number of para-hydroxylation sites is 1. The third kappa shape index (κ3) is 5.37. The summed E-state index contributed by atoms with van der Waals surface area (Å²) in [6.07, 6.45) is 1.78. The molecule has 0 unspecified atom stereocenters. The van der Waals surface area contributed by atoms with Crippen molar-refractivity contribution < 1.29 is 14.5 Å². The first-order valence-corrected chi connectivity index (χ1v) is 10.2. The van der Waals surface area contributed by atoms with E-state index in [4.69, 9.17) is 4.74 Å². The summed E-state index contributed by atoms with van der Waals surface area (Å²) in [5.74, 6) is 0.436. The first-order valence-electron chi connectivity index (χ1n) is 9.38. The first kappa shape index (κ1) is 20.4. The molecule has 3 aromatic rings.